The van der Waals surface area contributed by atoms with Crippen LogP contribution in [-0.2, 0) is 4.74 Å². The van der Waals surface area contributed by atoms with E-state index in [1.807, 2.05) is 18.2 Å². The molecule has 0 aliphatic carbocycles. The molecule has 0 bridgehead atoms. The number of rotatable bonds is 4. The smallest absolute Gasteiger partial charge is 0.183 e. The summed E-state index contributed by atoms with van der Waals surface area (Å²) in [6.07, 6.45) is 2.63. The van der Waals surface area contributed by atoms with Crippen molar-refractivity contribution in [2.24, 2.45) is 5.92 Å². The highest BCUT2D eigenvalue weighted by molar-refractivity contribution is 7.22. The Kier molecular flexibility index (Phi) is 3.91. The van der Waals surface area contributed by atoms with Gasteiger partial charge in [-0.3, -0.25) is 0 Å². The predicted molar refractivity (Wildman–Crippen MR) is 81.3 cm³/mol. The lowest BCUT2D eigenvalue weighted by molar-refractivity contribution is 0.0900. The van der Waals surface area contributed by atoms with Crippen LogP contribution in [0.2, 0.25) is 5.02 Å². The van der Waals surface area contributed by atoms with Crippen molar-refractivity contribution >= 4 is 38.3 Å². The summed E-state index contributed by atoms with van der Waals surface area (Å²) in [5.41, 5.74) is 1.01. The average Bonchev–Trinajstić information content (AvgIpc) is 3.01. The third-order valence-electron chi connectivity index (χ3n) is 3.61. The Hall–Kier alpha value is -0.840. The van der Waals surface area contributed by atoms with Gasteiger partial charge in [0.2, 0.25) is 0 Å². The minimum Gasteiger partial charge on any atom is -0.378 e. The third kappa shape index (κ3) is 2.86. The first-order valence-electron chi connectivity index (χ1n) is 6.68. The van der Waals surface area contributed by atoms with Gasteiger partial charge < -0.3 is 10.1 Å². The number of benzene rings is 1. The molecule has 5 heteroatoms. The van der Waals surface area contributed by atoms with Gasteiger partial charge in [0.25, 0.3) is 0 Å². The van der Waals surface area contributed by atoms with Crippen LogP contribution < -0.4 is 5.32 Å². The zero-order chi connectivity index (χ0) is 13.2. The number of fused-ring (bicyclic) bond motifs is 1. The highest BCUT2D eigenvalue weighted by atomic mass is 35.5. The minimum absolute atomic E-state index is 0.399. The molecule has 1 fully saturated rings. The summed E-state index contributed by atoms with van der Waals surface area (Å²) in [6, 6.07) is 5.81. The number of hydrogen-bond donors (Lipinski definition) is 1. The molecule has 3 nitrogen and oxygen atoms in total. The molecule has 0 radical (unpaired) electrons. The maximum atomic E-state index is 5.99. The topological polar surface area (TPSA) is 34.1 Å². The summed E-state index contributed by atoms with van der Waals surface area (Å²) in [6.45, 7) is 4.01. The molecule has 2 heterocycles. The first kappa shape index (κ1) is 13.2. The fourth-order valence-electron chi connectivity index (χ4n) is 2.57. The fraction of sp³-hybridized carbons (Fsp3) is 0.500. The zero-order valence-electron chi connectivity index (χ0n) is 10.9. The van der Waals surface area contributed by atoms with Gasteiger partial charge in [0.05, 0.1) is 16.3 Å². The van der Waals surface area contributed by atoms with Crippen molar-refractivity contribution in [3.05, 3.63) is 23.2 Å². The molecule has 1 N–H and O–H groups in total. The van der Waals surface area contributed by atoms with Crippen LogP contribution in [-0.4, -0.2) is 24.2 Å². The molecule has 1 saturated heterocycles. The SMILES string of the molecule is CCC1OCCC1CNc1nc2ccc(Cl)cc2s1. The van der Waals surface area contributed by atoms with Crippen molar-refractivity contribution in [2.45, 2.75) is 25.9 Å². The fourth-order valence-corrected chi connectivity index (χ4v) is 3.72. The van der Waals surface area contributed by atoms with Crippen LogP contribution in [0.4, 0.5) is 5.13 Å². The molecule has 1 aromatic carbocycles. The molecule has 19 heavy (non-hydrogen) atoms. The quantitative estimate of drug-likeness (QED) is 0.919. The normalized spacial score (nSPS) is 23.1. The van der Waals surface area contributed by atoms with Gasteiger partial charge in [-0.1, -0.05) is 29.9 Å². The summed E-state index contributed by atoms with van der Waals surface area (Å²) in [7, 11) is 0. The number of hydrogen-bond acceptors (Lipinski definition) is 4. The largest absolute Gasteiger partial charge is 0.378 e. The highest BCUT2D eigenvalue weighted by Gasteiger charge is 2.26. The van der Waals surface area contributed by atoms with Gasteiger partial charge in [-0.2, -0.15) is 0 Å². The van der Waals surface area contributed by atoms with Crippen LogP contribution in [0, 0.1) is 5.92 Å². The van der Waals surface area contributed by atoms with Crippen molar-refractivity contribution < 1.29 is 4.74 Å². The average molecular weight is 297 g/mol. The molecule has 2 unspecified atom stereocenters. The minimum atomic E-state index is 0.399. The number of aromatic nitrogens is 1. The second-order valence-electron chi connectivity index (χ2n) is 4.88. The van der Waals surface area contributed by atoms with Gasteiger partial charge in [0.15, 0.2) is 5.13 Å². The molecule has 2 atom stereocenters. The molecule has 102 valence electrons. The summed E-state index contributed by atoms with van der Waals surface area (Å²) in [5.74, 6) is 0.598. The monoisotopic (exact) mass is 296 g/mol. The van der Waals surface area contributed by atoms with E-state index in [2.05, 4.69) is 17.2 Å². The van der Waals surface area contributed by atoms with Crippen LogP contribution in [0.5, 0.6) is 0 Å². The van der Waals surface area contributed by atoms with E-state index < -0.39 is 0 Å². The number of halogens is 1. The van der Waals surface area contributed by atoms with E-state index in [0.717, 1.165) is 46.4 Å². The second-order valence-corrected chi connectivity index (χ2v) is 6.35. The number of nitrogens with zero attached hydrogens (tertiary/aromatic N) is 1. The predicted octanol–water partition coefficient (Wildman–Crippen LogP) is 4.18. The van der Waals surface area contributed by atoms with Crippen LogP contribution >= 0.6 is 22.9 Å². The number of ether oxygens (including phenoxy) is 1. The number of thiazole rings is 1. The Morgan fingerprint density at radius 2 is 2.42 bits per heavy atom. The van der Waals surface area contributed by atoms with Crippen molar-refractivity contribution in [1.29, 1.82) is 0 Å². The van der Waals surface area contributed by atoms with E-state index >= 15 is 0 Å². The molecule has 1 aromatic heterocycles. The first-order chi connectivity index (χ1) is 9.26. The van der Waals surface area contributed by atoms with E-state index in [1.54, 1.807) is 11.3 Å². The lowest BCUT2D eigenvalue weighted by Gasteiger charge is -2.16. The lowest BCUT2D eigenvalue weighted by atomic mass is 10.00. The van der Waals surface area contributed by atoms with Crippen molar-refractivity contribution in [3.63, 3.8) is 0 Å². The molecular formula is C14H17ClN2OS. The molecule has 3 rings (SSSR count). The first-order valence-corrected chi connectivity index (χ1v) is 7.87. The Balaban J connectivity index is 1.68. The summed E-state index contributed by atoms with van der Waals surface area (Å²) < 4.78 is 6.83. The Morgan fingerprint density at radius 3 is 3.26 bits per heavy atom. The van der Waals surface area contributed by atoms with E-state index in [0.29, 0.717) is 12.0 Å². The summed E-state index contributed by atoms with van der Waals surface area (Å²) in [5, 5.41) is 5.18. The molecule has 1 aliphatic heterocycles. The van der Waals surface area contributed by atoms with Crippen molar-refractivity contribution in [3.8, 4) is 0 Å². The Bertz CT molecular complexity index is 572. The van der Waals surface area contributed by atoms with Gasteiger partial charge in [0, 0.05) is 24.1 Å². The zero-order valence-corrected chi connectivity index (χ0v) is 12.4. The second kappa shape index (κ2) is 5.65. The maximum absolute atomic E-state index is 5.99. The van der Waals surface area contributed by atoms with Crippen molar-refractivity contribution in [2.75, 3.05) is 18.5 Å². The van der Waals surface area contributed by atoms with Gasteiger partial charge in [-0.05, 0) is 31.0 Å². The van der Waals surface area contributed by atoms with E-state index in [1.165, 1.54) is 0 Å². The van der Waals surface area contributed by atoms with Gasteiger partial charge in [0.1, 0.15) is 0 Å². The molecule has 1 aliphatic rings. The van der Waals surface area contributed by atoms with Crippen LogP contribution in [0.15, 0.2) is 18.2 Å². The number of anilines is 1. The van der Waals surface area contributed by atoms with Crippen LogP contribution in [0.1, 0.15) is 19.8 Å². The van der Waals surface area contributed by atoms with Crippen molar-refractivity contribution in [1.82, 2.24) is 4.98 Å². The van der Waals surface area contributed by atoms with E-state index in [-0.39, 0.29) is 0 Å². The van der Waals surface area contributed by atoms with Gasteiger partial charge >= 0.3 is 0 Å². The van der Waals surface area contributed by atoms with Gasteiger partial charge in [-0.15, -0.1) is 0 Å². The molecule has 0 spiro atoms. The van der Waals surface area contributed by atoms with Gasteiger partial charge in [-0.25, -0.2) is 4.98 Å². The highest BCUT2D eigenvalue weighted by Crippen LogP contribution is 2.29. The maximum Gasteiger partial charge on any atom is 0.183 e. The Morgan fingerprint density at radius 1 is 1.53 bits per heavy atom. The van der Waals surface area contributed by atoms with Crippen LogP contribution in [0.3, 0.4) is 0 Å². The standard InChI is InChI=1S/C14H17ClN2OS/c1-2-12-9(5-6-18-12)8-16-14-17-11-4-3-10(15)7-13(11)19-14/h3-4,7,9,12H,2,5-6,8H2,1H3,(H,16,17). The molecule has 2 aromatic rings. The molecule has 0 amide bonds. The third-order valence-corrected chi connectivity index (χ3v) is 4.83. The Labute approximate surface area is 121 Å². The summed E-state index contributed by atoms with van der Waals surface area (Å²) >= 11 is 7.64. The van der Waals surface area contributed by atoms with E-state index in [4.69, 9.17) is 16.3 Å². The summed E-state index contributed by atoms with van der Waals surface area (Å²) in [4.78, 5) is 4.57. The van der Waals surface area contributed by atoms with Crippen LogP contribution in [0.25, 0.3) is 10.2 Å². The molecular weight excluding hydrogens is 280 g/mol. The number of nitrogens with one attached hydrogen (secondary N) is 1. The molecule has 0 saturated carbocycles. The lowest BCUT2D eigenvalue weighted by Crippen LogP contribution is -2.22. The van der Waals surface area contributed by atoms with E-state index in [9.17, 15) is 0 Å².